The van der Waals surface area contributed by atoms with Crippen LogP contribution >= 0.6 is 12.4 Å². The zero-order valence-corrected chi connectivity index (χ0v) is 12.4. The number of aromatic amines is 1. The summed E-state index contributed by atoms with van der Waals surface area (Å²) >= 11 is 0. The van der Waals surface area contributed by atoms with Gasteiger partial charge in [-0.05, 0) is 6.42 Å². The van der Waals surface area contributed by atoms with Gasteiger partial charge in [-0.15, -0.1) is 12.4 Å². The van der Waals surface area contributed by atoms with Crippen LogP contribution in [0.3, 0.4) is 0 Å². The number of aryl methyl sites for hydroxylation is 1. The van der Waals surface area contributed by atoms with Crippen molar-refractivity contribution in [1.29, 1.82) is 0 Å². The van der Waals surface area contributed by atoms with Gasteiger partial charge >= 0.3 is 0 Å². The standard InChI is InChI=1S/C13H18N6O.ClH/c20-13(16-3-1-6-19-7-5-15-9-19)12-10-8-14-4-2-11(10)17-18-12;/h5,7,9,14H,1-4,6,8H2,(H,16,20)(H,17,18);1H. The molecule has 2 aromatic heterocycles. The Labute approximate surface area is 128 Å². The van der Waals surface area contributed by atoms with Gasteiger partial charge in [-0.2, -0.15) is 5.10 Å². The molecule has 8 heteroatoms. The fourth-order valence-electron chi connectivity index (χ4n) is 2.38. The SMILES string of the molecule is Cl.O=C(NCCCn1ccnc1)c1n[nH]c2c1CNCC2. The monoisotopic (exact) mass is 310 g/mol. The van der Waals surface area contributed by atoms with Crippen molar-refractivity contribution < 1.29 is 4.79 Å². The van der Waals surface area contributed by atoms with Gasteiger partial charge in [-0.1, -0.05) is 0 Å². The Morgan fingerprint density at radius 3 is 3.19 bits per heavy atom. The first-order valence-corrected chi connectivity index (χ1v) is 6.85. The normalized spacial score (nSPS) is 13.3. The fraction of sp³-hybridized carbons (Fsp3) is 0.462. The van der Waals surface area contributed by atoms with E-state index >= 15 is 0 Å². The predicted octanol–water partition coefficient (Wildman–Crippen LogP) is 0.494. The summed E-state index contributed by atoms with van der Waals surface area (Å²) in [5.74, 6) is -0.100. The maximum Gasteiger partial charge on any atom is 0.272 e. The van der Waals surface area contributed by atoms with E-state index < -0.39 is 0 Å². The van der Waals surface area contributed by atoms with E-state index in [0.29, 0.717) is 18.8 Å². The van der Waals surface area contributed by atoms with Crippen LogP contribution < -0.4 is 10.6 Å². The highest BCUT2D eigenvalue weighted by Crippen LogP contribution is 2.14. The summed E-state index contributed by atoms with van der Waals surface area (Å²) in [6.45, 7) is 3.12. The van der Waals surface area contributed by atoms with Crippen molar-refractivity contribution in [3.63, 3.8) is 0 Å². The topological polar surface area (TPSA) is 87.6 Å². The number of nitrogens with zero attached hydrogens (tertiary/aromatic N) is 3. The average molecular weight is 311 g/mol. The minimum Gasteiger partial charge on any atom is -0.351 e. The lowest BCUT2D eigenvalue weighted by atomic mass is 10.1. The molecule has 0 radical (unpaired) electrons. The van der Waals surface area contributed by atoms with E-state index in [1.807, 2.05) is 10.8 Å². The van der Waals surface area contributed by atoms with Crippen LogP contribution in [0.2, 0.25) is 0 Å². The molecule has 21 heavy (non-hydrogen) atoms. The van der Waals surface area contributed by atoms with Gasteiger partial charge in [0.1, 0.15) is 0 Å². The second kappa shape index (κ2) is 7.24. The number of carbonyl (C=O) groups is 1. The zero-order chi connectivity index (χ0) is 13.8. The molecular weight excluding hydrogens is 292 g/mol. The van der Waals surface area contributed by atoms with Gasteiger partial charge in [0.15, 0.2) is 5.69 Å². The lowest BCUT2D eigenvalue weighted by molar-refractivity contribution is 0.0946. The number of imidazole rings is 1. The highest BCUT2D eigenvalue weighted by atomic mass is 35.5. The third-order valence-corrected chi connectivity index (χ3v) is 3.46. The third-order valence-electron chi connectivity index (χ3n) is 3.46. The number of fused-ring (bicyclic) bond motifs is 1. The molecule has 0 bridgehead atoms. The van der Waals surface area contributed by atoms with Crippen LogP contribution in [-0.4, -0.2) is 38.7 Å². The molecule has 0 fully saturated rings. The molecule has 1 amide bonds. The van der Waals surface area contributed by atoms with E-state index in [4.69, 9.17) is 0 Å². The van der Waals surface area contributed by atoms with Gasteiger partial charge in [0.05, 0.1) is 6.33 Å². The molecule has 7 nitrogen and oxygen atoms in total. The minimum atomic E-state index is -0.100. The highest BCUT2D eigenvalue weighted by molar-refractivity contribution is 5.94. The summed E-state index contributed by atoms with van der Waals surface area (Å²) < 4.78 is 1.99. The Kier molecular flexibility index (Phi) is 5.35. The zero-order valence-electron chi connectivity index (χ0n) is 11.6. The van der Waals surface area contributed by atoms with Crippen LogP contribution in [0.25, 0.3) is 0 Å². The molecule has 114 valence electrons. The average Bonchev–Trinajstić information content (AvgIpc) is 3.12. The maximum absolute atomic E-state index is 12.1. The minimum absolute atomic E-state index is 0. The number of carbonyl (C=O) groups excluding carboxylic acids is 1. The van der Waals surface area contributed by atoms with E-state index in [1.165, 1.54) is 0 Å². The molecule has 3 heterocycles. The first kappa shape index (κ1) is 15.5. The van der Waals surface area contributed by atoms with Gasteiger partial charge in [-0.25, -0.2) is 4.98 Å². The first-order valence-electron chi connectivity index (χ1n) is 6.85. The number of aromatic nitrogens is 4. The Morgan fingerprint density at radius 1 is 1.48 bits per heavy atom. The number of hydrogen-bond acceptors (Lipinski definition) is 4. The Morgan fingerprint density at radius 2 is 2.38 bits per heavy atom. The van der Waals surface area contributed by atoms with Crippen LogP contribution in [-0.2, 0) is 19.5 Å². The van der Waals surface area contributed by atoms with Crippen molar-refractivity contribution in [3.8, 4) is 0 Å². The lowest BCUT2D eigenvalue weighted by Crippen LogP contribution is -2.29. The van der Waals surface area contributed by atoms with Crippen molar-refractivity contribution in [2.75, 3.05) is 13.1 Å². The Hall–Kier alpha value is -1.86. The summed E-state index contributed by atoms with van der Waals surface area (Å²) in [5.41, 5.74) is 2.60. The number of nitrogens with one attached hydrogen (secondary N) is 3. The van der Waals surface area contributed by atoms with E-state index in [9.17, 15) is 4.79 Å². The number of amides is 1. The van der Waals surface area contributed by atoms with Crippen molar-refractivity contribution in [3.05, 3.63) is 35.7 Å². The number of hydrogen-bond donors (Lipinski definition) is 3. The van der Waals surface area contributed by atoms with Gasteiger partial charge in [-0.3, -0.25) is 9.89 Å². The van der Waals surface area contributed by atoms with Gasteiger partial charge in [0.2, 0.25) is 0 Å². The third kappa shape index (κ3) is 3.62. The highest BCUT2D eigenvalue weighted by Gasteiger charge is 2.20. The summed E-state index contributed by atoms with van der Waals surface area (Å²) in [5, 5.41) is 13.3. The maximum atomic E-state index is 12.1. The van der Waals surface area contributed by atoms with E-state index in [1.54, 1.807) is 12.5 Å². The van der Waals surface area contributed by atoms with Crippen LogP contribution in [0.5, 0.6) is 0 Å². The van der Waals surface area contributed by atoms with Crippen LogP contribution in [0.1, 0.15) is 28.2 Å². The summed E-state index contributed by atoms with van der Waals surface area (Å²) in [4.78, 5) is 16.1. The molecule has 3 rings (SSSR count). The summed E-state index contributed by atoms with van der Waals surface area (Å²) in [6.07, 6.45) is 7.21. The molecular formula is C13H19ClN6O. The predicted molar refractivity (Wildman–Crippen MR) is 80.4 cm³/mol. The van der Waals surface area contributed by atoms with Crippen molar-refractivity contribution in [2.45, 2.75) is 25.9 Å². The molecule has 1 aliphatic rings. The number of H-pyrrole nitrogens is 1. The molecule has 0 saturated carbocycles. The Balaban J connectivity index is 0.00000161. The molecule has 2 aromatic rings. The molecule has 0 aliphatic carbocycles. The van der Waals surface area contributed by atoms with Crippen molar-refractivity contribution in [2.24, 2.45) is 0 Å². The van der Waals surface area contributed by atoms with E-state index in [2.05, 4.69) is 25.8 Å². The number of rotatable bonds is 5. The number of halogens is 1. The van der Waals surface area contributed by atoms with Crippen LogP contribution in [0, 0.1) is 0 Å². The van der Waals surface area contributed by atoms with E-state index in [0.717, 1.165) is 37.2 Å². The van der Waals surface area contributed by atoms with Crippen LogP contribution in [0.4, 0.5) is 0 Å². The lowest BCUT2D eigenvalue weighted by Gasteiger charge is -2.12. The van der Waals surface area contributed by atoms with Gasteiger partial charge in [0.25, 0.3) is 5.91 Å². The summed E-state index contributed by atoms with van der Waals surface area (Å²) in [6, 6.07) is 0. The van der Waals surface area contributed by atoms with Crippen molar-refractivity contribution >= 4 is 18.3 Å². The second-order valence-electron chi connectivity index (χ2n) is 4.87. The summed E-state index contributed by atoms with van der Waals surface area (Å²) in [7, 11) is 0. The van der Waals surface area contributed by atoms with Crippen LogP contribution in [0.15, 0.2) is 18.7 Å². The van der Waals surface area contributed by atoms with Gasteiger partial charge < -0.3 is 15.2 Å². The Bertz CT molecular complexity index is 580. The molecule has 0 atom stereocenters. The molecule has 1 aliphatic heterocycles. The molecule has 0 aromatic carbocycles. The largest absolute Gasteiger partial charge is 0.351 e. The quantitative estimate of drug-likeness (QED) is 0.702. The van der Waals surface area contributed by atoms with Crippen molar-refractivity contribution in [1.82, 2.24) is 30.4 Å². The molecule has 0 spiro atoms. The molecule has 3 N–H and O–H groups in total. The molecule has 0 unspecified atom stereocenters. The second-order valence-corrected chi connectivity index (χ2v) is 4.87. The first-order chi connectivity index (χ1) is 9.84. The van der Waals surface area contributed by atoms with Gasteiger partial charge in [0, 0.05) is 56.3 Å². The molecule has 0 saturated heterocycles. The van der Waals surface area contributed by atoms with E-state index in [-0.39, 0.29) is 18.3 Å². The fourth-order valence-corrected chi connectivity index (χ4v) is 2.38. The smallest absolute Gasteiger partial charge is 0.272 e.